The first-order valence-electron chi connectivity index (χ1n) is 4.38. The molecule has 0 radical (unpaired) electrons. The smallest absolute Gasteiger partial charge is 0.0774 e. The highest BCUT2D eigenvalue weighted by atomic mass is 16.5. The third-order valence-electron chi connectivity index (χ3n) is 2.22. The molecule has 1 aliphatic rings. The molecular weight excluding hydrogens is 166 g/mol. The predicted molar refractivity (Wildman–Crippen MR) is 46.0 cm³/mol. The molecule has 0 saturated carbocycles. The van der Waals surface area contributed by atoms with Crippen LogP contribution in [0.1, 0.15) is 18.0 Å². The zero-order chi connectivity index (χ0) is 9.10. The maximum absolute atomic E-state index is 8.48. The molecule has 1 aromatic rings. The van der Waals surface area contributed by atoms with Gasteiger partial charge in [0.1, 0.15) is 0 Å². The average Bonchev–Trinajstić information content (AvgIpc) is 2.70. The topological polar surface area (TPSA) is 50.8 Å². The van der Waals surface area contributed by atoms with Crippen molar-refractivity contribution in [1.82, 2.24) is 9.78 Å². The number of hydrogen-bond acceptors (Lipinski definition) is 3. The minimum Gasteiger partial charge on any atom is -0.379 e. The first-order chi connectivity index (χ1) is 6.40. The van der Waals surface area contributed by atoms with E-state index in [0.717, 1.165) is 25.2 Å². The van der Waals surface area contributed by atoms with E-state index in [1.54, 1.807) is 6.20 Å². The van der Waals surface area contributed by atoms with Crippen LogP contribution in [0.4, 0.5) is 0 Å². The molecule has 68 valence electrons. The summed E-state index contributed by atoms with van der Waals surface area (Å²) < 4.78 is 7.16. The van der Waals surface area contributed by atoms with Gasteiger partial charge < -0.3 is 4.74 Å². The lowest BCUT2D eigenvalue weighted by molar-refractivity contribution is 0.184. The van der Waals surface area contributed by atoms with Gasteiger partial charge >= 0.3 is 0 Å². The molecule has 2 rings (SSSR count). The highest BCUT2D eigenvalue weighted by Crippen LogP contribution is 2.17. The standard InChI is InChI=1S/C9H11N3O/c10-3-1-8-5-11-12(6-8)9-2-4-13-7-9/h5-6,9H,1-2,4,7H2. The van der Waals surface area contributed by atoms with Gasteiger partial charge in [0.2, 0.25) is 0 Å². The van der Waals surface area contributed by atoms with Crippen molar-refractivity contribution in [3.8, 4) is 6.07 Å². The maximum Gasteiger partial charge on any atom is 0.0774 e. The summed E-state index contributed by atoms with van der Waals surface area (Å²) in [7, 11) is 0. The second-order valence-corrected chi connectivity index (χ2v) is 3.18. The Morgan fingerprint density at radius 1 is 1.77 bits per heavy atom. The van der Waals surface area contributed by atoms with E-state index in [1.165, 1.54) is 0 Å². The van der Waals surface area contributed by atoms with Crippen LogP contribution in [-0.2, 0) is 11.2 Å². The van der Waals surface area contributed by atoms with Crippen molar-refractivity contribution < 1.29 is 4.74 Å². The normalized spacial score (nSPS) is 21.6. The Bertz CT molecular complexity index is 320. The first-order valence-corrected chi connectivity index (χ1v) is 4.38. The van der Waals surface area contributed by atoms with Gasteiger partial charge in [0.15, 0.2) is 0 Å². The molecule has 1 unspecified atom stereocenters. The van der Waals surface area contributed by atoms with Gasteiger partial charge in [0.05, 0.1) is 31.3 Å². The van der Waals surface area contributed by atoms with Gasteiger partial charge in [-0.05, 0) is 6.42 Å². The van der Waals surface area contributed by atoms with Gasteiger partial charge in [-0.1, -0.05) is 0 Å². The number of nitriles is 1. The molecule has 0 bridgehead atoms. The first kappa shape index (κ1) is 8.27. The third kappa shape index (κ3) is 1.70. The molecule has 0 aliphatic carbocycles. The lowest BCUT2D eigenvalue weighted by Gasteiger charge is -2.06. The van der Waals surface area contributed by atoms with E-state index in [2.05, 4.69) is 11.2 Å². The molecule has 0 amide bonds. The van der Waals surface area contributed by atoms with Gasteiger partial charge in [-0.3, -0.25) is 4.68 Å². The highest BCUT2D eigenvalue weighted by Gasteiger charge is 2.17. The molecular formula is C9H11N3O. The largest absolute Gasteiger partial charge is 0.379 e. The number of hydrogen-bond donors (Lipinski definition) is 0. The number of rotatable bonds is 2. The molecule has 2 heterocycles. The summed E-state index contributed by atoms with van der Waals surface area (Å²) in [5, 5.41) is 12.7. The fourth-order valence-corrected chi connectivity index (χ4v) is 1.49. The molecule has 0 N–H and O–H groups in total. The van der Waals surface area contributed by atoms with Crippen LogP contribution in [0.5, 0.6) is 0 Å². The quantitative estimate of drug-likeness (QED) is 0.674. The summed E-state index contributed by atoms with van der Waals surface area (Å²) in [5.74, 6) is 0. The van der Waals surface area contributed by atoms with Crippen LogP contribution in [0, 0.1) is 11.3 Å². The number of nitrogens with zero attached hydrogens (tertiary/aromatic N) is 3. The second-order valence-electron chi connectivity index (χ2n) is 3.18. The SMILES string of the molecule is N#CCc1cnn(C2CCOC2)c1. The molecule has 13 heavy (non-hydrogen) atoms. The summed E-state index contributed by atoms with van der Waals surface area (Å²) in [6.07, 6.45) is 5.14. The predicted octanol–water partition coefficient (Wildman–Crippen LogP) is 0.911. The third-order valence-corrected chi connectivity index (χ3v) is 2.22. The van der Waals surface area contributed by atoms with Crippen LogP contribution < -0.4 is 0 Å². The maximum atomic E-state index is 8.48. The molecule has 1 aromatic heterocycles. The molecule has 0 aromatic carbocycles. The van der Waals surface area contributed by atoms with Crippen LogP contribution >= 0.6 is 0 Å². The van der Waals surface area contributed by atoms with Gasteiger partial charge in [-0.2, -0.15) is 10.4 Å². The van der Waals surface area contributed by atoms with Crippen LogP contribution in [0.25, 0.3) is 0 Å². The molecule has 1 atom stereocenters. The summed E-state index contributed by atoms with van der Waals surface area (Å²) in [5.41, 5.74) is 0.981. The van der Waals surface area contributed by atoms with Crippen LogP contribution in [-0.4, -0.2) is 23.0 Å². The van der Waals surface area contributed by atoms with Crippen molar-refractivity contribution in [2.75, 3.05) is 13.2 Å². The van der Waals surface area contributed by atoms with Gasteiger partial charge in [-0.25, -0.2) is 0 Å². The summed E-state index contributed by atoms with van der Waals surface area (Å²) in [6.45, 7) is 1.56. The van der Waals surface area contributed by atoms with E-state index in [0.29, 0.717) is 12.5 Å². The average molecular weight is 177 g/mol. The molecule has 4 nitrogen and oxygen atoms in total. The van der Waals surface area contributed by atoms with Gasteiger partial charge in [0, 0.05) is 18.4 Å². The molecule has 4 heteroatoms. The van der Waals surface area contributed by atoms with Crippen molar-refractivity contribution in [2.24, 2.45) is 0 Å². The fourth-order valence-electron chi connectivity index (χ4n) is 1.49. The van der Waals surface area contributed by atoms with Gasteiger partial charge in [-0.15, -0.1) is 0 Å². The van der Waals surface area contributed by atoms with Crippen LogP contribution in [0.3, 0.4) is 0 Å². The lowest BCUT2D eigenvalue weighted by atomic mass is 10.2. The molecule has 1 aliphatic heterocycles. The number of aromatic nitrogens is 2. The van der Waals surface area contributed by atoms with Crippen LogP contribution in [0.2, 0.25) is 0 Å². The van der Waals surface area contributed by atoms with Crippen molar-refractivity contribution in [1.29, 1.82) is 5.26 Å². The van der Waals surface area contributed by atoms with Crippen molar-refractivity contribution in [3.05, 3.63) is 18.0 Å². The van der Waals surface area contributed by atoms with Crippen molar-refractivity contribution >= 4 is 0 Å². The Hall–Kier alpha value is -1.34. The monoisotopic (exact) mass is 177 g/mol. The van der Waals surface area contributed by atoms with E-state index in [1.807, 2.05) is 10.9 Å². The van der Waals surface area contributed by atoms with E-state index < -0.39 is 0 Å². The minimum atomic E-state index is 0.368. The minimum absolute atomic E-state index is 0.368. The Morgan fingerprint density at radius 3 is 3.38 bits per heavy atom. The Kier molecular flexibility index (Phi) is 2.28. The Labute approximate surface area is 76.7 Å². The lowest BCUT2D eigenvalue weighted by Crippen LogP contribution is -2.08. The van der Waals surface area contributed by atoms with E-state index >= 15 is 0 Å². The van der Waals surface area contributed by atoms with E-state index in [9.17, 15) is 0 Å². The van der Waals surface area contributed by atoms with Crippen molar-refractivity contribution in [3.63, 3.8) is 0 Å². The van der Waals surface area contributed by atoms with Crippen molar-refractivity contribution in [2.45, 2.75) is 18.9 Å². The second kappa shape index (κ2) is 3.58. The number of ether oxygens (including phenoxy) is 1. The van der Waals surface area contributed by atoms with E-state index in [4.69, 9.17) is 10.00 Å². The molecule has 1 saturated heterocycles. The highest BCUT2D eigenvalue weighted by molar-refractivity contribution is 5.09. The summed E-state index contributed by atoms with van der Waals surface area (Å²) in [4.78, 5) is 0. The molecule has 1 fully saturated rings. The zero-order valence-electron chi connectivity index (χ0n) is 7.31. The zero-order valence-corrected chi connectivity index (χ0v) is 7.31. The summed E-state index contributed by atoms with van der Waals surface area (Å²) in [6, 6.07) is 2.47. The Balaban J connectivity index is 2.08. The van der Waals surface area contributed by atoms with Gasteiger partial charge in [0.25, 0.3) is 0 Å². The Morgan fingerprint density at radius 2 is 2.69 bits per heavy atom. The summed E-state index contributed by atoms with van der Waals surface area (Å²) >= 11 is 0. The van der Waals surface area contributed by atoms with Crippen LogP contribution in [0.15, 0.2) is 12.4 Å². The van der Waals surface area contributed by atoms with E-state index in [-0.39, 0.29) is 0 Å². The molecule has 0 spiro atoms. The fraction of sp³-hybridized carbons (Fsp3) is 0.556.